The third-order valence-electron chi connectivity index (χ3n) is 3.96. The number of anilines is 2. The van der Waals surface area contributed by atoms with E-state index in [-0.39, 0.29) is 17.1 Å². The van der Waals surface area contributed by atoms with Crippen LogP contribution in [0.4, 0.5) is 11.4 Å². The van der Waals surface area contributed by atoms with Crippen LogP contribution in [0.15, 0.2) is 70.9 Å². The molecule has 2 aromatic carbocycles. The van der Waals surface area contributed by atoms with Crippen molar-refractivity contribution in [1.82, 2.24) is 0 Å². The van der Waals surface area contributed by atoms with Gasteiger partial charge >= 0.3 is 0 Å². The number of carbonyl (C=O) groups excluding carboxylic acids is 3. The molecule has 1 atom stereocenters. The van der Waals surface area contributed by atoms with Crippen molar-refractivity contribution in [3.63, 3.8) is 0 Å². The number of primary amides is 1. The second-order valence-electron chi connectivity index (χ2n) is 6.15. The van der Waals surface area contributed by atoms with E-state index in [1.165, 1.54) is 23.1 Å². The summed E-state index contributed by atoms with van der Waals surface area (Å²) in [7, 11) is 0. The Kier molecular flexibility index (Phi) is 6.69. The summed E-state index contributed by atoms with van der Waals surface area (Å²) in [6, 6.07) is 17.4. The maximum absolute atomic E-state index is 12.5. The molecule has 0 fully saturated rings. The van der Waals surface area contributed by atoms with Crippen molar-refractivity contribution >= 4 is 52.2 Å². The first-order valence-electron chi connectivity index (χ1n) is 8.74. The standard InChI is InChI=1S/C21H19N3O3S2/c1-13(20(26)23-15-9-7-14(8-10-15)19(22)25)29-17-5-2-4-16(12-17)24-21(27)18-6-3-11-28-18/h2-13H,1H3,(H2,22,25)(H,23,26)(H,24,27). The molecule has 1 heterocycles. The molecule has 0 bridgehead atoms. The van der Waals surface area contributed by atoms with Gasteiger partial charge in [-0.1, -0.05) is 12.1 Å². The molecule has 0 saturated carbocycles. The van der Waals surface area contributed by atoms with Gasteiger partial charge < -0.3 is 16.4 Å². The quantitative estimate of drug-likeness (QED) is 0.493. The number of amides is 3. The predicted octanol–water partition coefficient (Wildman–Crippen LogP) is 4.22. The van der Waals surface area contributed by atoms with Gasteiger partial charge in [0.05, 0.1) is 10.1 Å². The molecule has 0 spiro atoms. The van der Waals surface area contributed by atoms with E-state index in [2.05, 4.69) is 10.6 Å². The van der Waals surface area contributed by atoms with Gasteiger partial charge in [0.25, 0.3) is 5.91 Å². The molecule has 8 heteroatoms. The minimum Gasteiger partial charge on any atom is -0.366 e. The Morgan fingerprint density at radius 1 is 0.966 bits per heavy atom. The summed E-state index contributed by atoms with van der Waals surface area (Å²) in [5, 5.41) is 7.16. The topological polar surface area (TPSA) is 101 Å². The van der Waals surface area contributed by atoms with Crippen molar-refractivity contribution in [2.24, 2.45) is 5.73 Å². The van der Waals surface area contributed by atoms with Gasteiger partial charge in [-0.3, -0.25) is 14.4 Å². The van der Waals surface area contributed by atoms with Crippen molar-refractivity contribution < 1.29 is 14.4 Å². The molecule has 3 amide bonds. The monoisotopic (exact) mass is 425 g/mol. The zero-order valence-corrected chi connectivity index (χ0v) is 17.2. The average molecular weight is 426 g/mol. The first-order valence-corrected chi connectivity index (χ1v) is 10.5. The molecule has 29 heavy (non-hydrogen) atoms. The van der Waals surface area contributed by atoms with Crippen LogP contribution in [0.1, 0.15) is 27.0 Å². The largest absolute Gasteiger partial charge is 0.366 e. The van der Waals surface area contributed by atoms with Crippen LogP contribution >= 0.6 is 23.1 Å². The van der Waals surface area contributed by atoms with E-state index < -0.39 is 5.91 Å². The highest BCUT2D eigenvalue weighted by Gasteiger charge is 2.15. The molecule has 0 aliphatic heterocycles. The van der Waals surface area contributed by atoms with E-state index in [0.29, 0.717) is 21.8 Å². The van der Waals surface area contributed by atoms with Gasteiger partial charge in [-0.2, -0.15) is 0 Å². The molecule has 0 aliphatic carbocycles. The maximum Gasteiger partial charge on any atom is 0.265 e. The van der Waals surface area contributed by atoms with Crippen LogP contribution in [0.25, 0.3) is 0 Å². The first-order chi connectivity index (χ1) is 13.9. The lowest BCUT2D eigenvalue weighted by Crippen LogP contribution is -2.22. The summed E-state index contributed by atoms with van der Waals surface area (Å²) < 4.78 is 0. The summed E-state index contributed by atoms with van der Waals surface area (Å²) in [6.45, 7) is 1.80. The predicted molar refractivity (Wildman–Crippen MR) is 118 cm³/mol. The number of hydrogen-bond donors (Lipinski definition) is 3. The number of thioether (sulfide) groups is 1. The first kappa shape index (κ1) is 20.6. The van der Waals surface area contributed by atoms with Gasteiger partial charge in [-0.05, 0) is 60.8 Å². The second-order valence-corrected chi connectivity index (χ2v) is 8.51. The van der Waals surface area contributed by atoms with Gasteiger partial charge in [0.15, 0.2) is 0 Å². The number of rotatable bonds is 7. The number of nitrogens with two attached hydrogens (primary N) is 1. The summed E-state index contributed by atoms with van der Waals surface area (Å²) in [5.74, 6) is -0.847. The van der Waals surface area contributed by atoms with Crippen LogP contribution in [0, 0.1) is 0 Å². The van der Waals surface area contributed by atoms with Crippen LogP contribution < -0.4 is 16.4 Å². The summed E-state index contributed by atoms with van der Waals surface area (Å²) in [6.07, 6.45) is 0. The maximum atomic E-state index is 12.5. The molecule has 0 radical (unpaired) electrons. The van der Waals surface area contributed by atoms with Gasteiger partial charge in [-0.25, -0.2) is 0 Å². The Labute approximate surface area is 176 Å². The molecule has 0 saturated heterocycles. The molecule has 3 aromatic rings. The zero-order valence-electron chi connectivity index (χ0n) is 15.5. The number of hydrogen-bond acceptors (Lipinski definition) is 5. The number of carbonyl (C=O) groups is 3. The molecule has 0 aliphatic rings. The van der Waals surface area contributed by atoms with E-state index in [1.54, 1.807) is 43.3 Å². The number of nitrogens with one attached hydrogen (secondary N) is 2. The van der Waals surface area contributed by atoms with Crippen LogP contribution in [-0.2, 0) is 4.79 Å². The highest BCUT2D eigenvalue weighted by molar-refractivity contribution is 8.00. The average Bonchev–Trinajstić information content (AvgIpc) is 3.23. The minimum absolute atomic E-state index is 0.160. The van der Waals surface area contributed by atoms with Gasteiger partial charge in [0, 0.05) is 21.8 Å². The van der Waals surface area contributed by atoms with Crippen LogP contribution in [0.5, 0.6) is 0 Å². The van der Waals surface area contributed by atoms with Crippen molar-refractivity contribution in [3.05, 3.63) is 76.5 Å². The summed E-state index contributed by atoms with van der Waals surface area (Å²) in [5.41, 5.74) is 6.85. The zero-order chi connectivity index (χ0) is 20.8. The Bertz CT molecular complexity index is 1020. The molecule has 4 N–H and O–H groups in total. The smallest absolute Gasteiger partial charge is 0.265 e. The number of thiophene rings is 1. The van der Waals surface area contributed by atoms with E-state index in [9.17, 15) is 14.4 Å². The Balaban J connectivity index is 1.59. The van der Waals surface area contributed by atoms with Crippen LogP contribution in [0.3, 0.4) is 0 Å². The molecule has 1 unspecified atom stereocenters. The van der Waals surface area contributed by atoms with Gasteiger partial charge in [0.2, 0.25) is 11.8 Å². The second kappa shape index (κ2) is 9.40. The lowest BCUT2D eigenvalue weighted by molar-refractivity contribution is -0.115. The Hall–Kier alpha value is -3.10. The third-order valence-corrected chi connectivity index (χ3v) is 5.92. The molecule has 1 aromatic heterocycles. The minimum atomic E-state index is -0.516. The summed E-state index contributed by atoms with van der Waals surface area (Å²) >= 11 is 2.76. The lowest BCUT2D eigenvalue weighted by atomic mass is 10.2. The fourth-order valence-electron chi connectivity index (χ4n) is 2.47. The van der Waals surface area contributed by atoms with Crippen LogP contribution in [-0.4, -0.2) is 23.0 Å². The molecule has 148 valence electrons. The van der Waals surface area contributed by atoms with E-state index >= 15 is 0 Å². The molecule has 3 rings (SSSR count). The molecular weight excluding hydrogens is 406 g/mol. The van der Waals surface area contributed by atoms with Gasteiger partial charge in [0.1, 0.15) is 0 Å². The highest BCUT2D eigenvalue weighted by atomic mass is 32.2. The van der Waals surface area contributed by atoms with Crippen molar-refractivity contribution in [3.8, 4) is 0 Å². The Morgan fingerprint density at radius 2 is 1.72 bits per heavy atom. The molecule has 6 nitrogen and oxygen atoms in total. The van der Waals surface area contributed by atoms with Crippen molar-refractivity contribution in [1.29, 1.82) is 0 Å². The normalized spacial score (nSPS) is 11.5. The SMILES string of the molecule is CC(Sc1cccc(NC(=O)c2cccs2)c1)C(=O)Nc1ccc(C(N)=O)cc1. The van der Waals surface area contributed by atoms with Crippen molar-refractivity contribution in [2.75, 3.05) is 10.6 Å². The highest BCUT2D eigenvalue weighted by Crippen LogP contribution is 2.27. The summed E-state index contributed by atoms with van der Waals surface area (Å²) in [4.78, 5) is 37.3. The van der Waals surface area contributed by atoms with Crippen LogP contribution in [0.2, 0.25) is 0 Å². The fourth-order valence-corrected chi connectivity index (χ4v) is 4.01. The Morgan fingerprint density at radius 3 is 2.38 bits per heavy atom. The van der Waals surface area contributed by atoms with Gasteiger partial charge in [-0.15, -0.1) is 23.1 Å². The van der Waals surface area contributed by atoms with E-state index in [4.69, 9.17) is 5.73 Å². The van der Waals surface area contributed by atoms with Crippen molar-refractivity contribution in [2.45, 2.75) is 17.1 Å². The third kappa shape index (κ3) is 5.69. The number of benzene rings is 2. The van der Waals surface area contributed by atoms with E-state index in [0.717, 1.165) is 4.90 Å². The van der Waals surface area contributed by atoms with E-state index in [1.807, 2.05) is 29.6 Å². The molecular formula is C21H19N3O3S2. The lowest BCUT2D eigenvalue weighted by Gasteiger charge is -2.13. The fraction of sp³-hybridized carbons (Fsp3) is 0.0952.